The molecule has 0 amide bonds. The summed E-state index contributed by atoms with van der Waals surface area (Å²) in [6.07, 6.45) is 4.46. The largest absolute Gasteiger partial charge is 0.393 e. The minimum absolute atomic E-state index is 0.487. The highest BCUT2D eigenvalue weighted by atomic mass is 32.1. The summed E-state index contributed by atoms with van der Waals surface area (Å²) in [6.45, 7) is 3.92. The maximum absolute atomic E-state index is 5.51. The molecule has 0 heterocycles. The summed E-state index contributed by atoms with van der Waals surface area (Å²) in [4.78, 5) is 0.688. The second-order valence-corrected chi connectivity index (χ2v) is 3.40. The average Bonchev–Trinajstić information content (AvgIpc) is 1.88. The van der Waals surface area contributed by atoms with Crippen LogP contribution in [-0.4, -0.2) is 4.99 Å². The fourth-order valence-corrected chi connectivity index (χ4v) is 1.55. The van der Waals surface area contributed by atoms with Gasteiger partial charge in [-0.1, -0.05) is 24.4 Å². The first kappa shape index (κ1) is 7.73. The van der Waals surface area contributed by atoms with E-state index in [0.29, 0.717) is 10.9 Å². The van der Waals surface area contributed by atoms with Crippen LogP contribution in [0.3, 0.4) is 0 Å². The van der Waals surface area contributed by atoms with Gasteiger partial charge in [0.1, 0.15) is 0 Å². The van der Waals surface area contributed by atoms with Crippen molar-refractivity contribution in [2.45, 2.75) is 25.7 Å². The maximum atomic E-state index is 5.51. The number of hydrogen-bond acceptors (Lipinski definition) is 1. The van der Waals surface area contributed by atoms with Crippen LogP contribution in [0.2, 0.25) is 0 Å². The monoisotopic (exact) mass is 155 g/mol. The molecule has 10 heavy (non-hydrogen) atoms. The molecule has 56 valence electrons. The second-order valence-electron chi connectivity index (χ2n) is 2.93. The fourth-order valence-electron chi connectivity index (χ4n) is 1.31. The zero-order valence-corrected chi connectivity index (χ0v) is 6.91. The first-order valence-electron chi connectivity index (χ1n) is 3.66. The predicted octanol–water partition coefficient (Wildman–Crippen LogP) is 2.02. The Balaban J connectivity index is 2.40. The van der Waals surface area contributed by atoms with Crippen molar-refractivity contribution >= 4 is 17.2 Å². The van der Waals surface area contributed by atoms with Crippen molar-refractivity contribution in [3.8, 4) is 0 Å². The van der Waals surface area contributed by atoms with Gasteiger partial charge in [-0.25, -0.2) is 0 Å². The highest BCUT2D eigenvalue weighted by molar-refractivity contribution is 7.80. The van der Waals surface area contributed by atoms with Crippen molar-refractivity contribution in [2.24, 2.45) is 11.7 Å². The Hall–Kier alpha value is -0.370. The topological polar surface area (TPSA) is 26.0 Å². The Labute approximate surface area is 67.3 Å². The molecule has 1 aliphatic carbocycles. The number of rotatable bonds is 1. The lowest BCUT2D eigenvalue weighted by Gasteiger charge is -2.21. The van der Waals surface area contributed by atoms with E-state index in [-0.39, 0.29) is 0 Å². The highest BCUT2D eigenvalue weighted by Gasteiger charge is 2.16. The fraction of sp³-hybridized carbons (Fsp3) is 0.625. The van der Waals surface area contributed by atoms with E-state index in [1.807, 2.05) is 0 Å². The van der Waals surface area contributed by atoms with Crippen LogP contribution >= 0.6 is 12.2 Å². The molecular formula is C8H13NS. The molecule has 1 rings (SSSR count). The Morgan fingerprint density at radius 2 is 2.00 bits per heavy atom. The SMILES string of the molecule is C=C1CCC(C(N)=S)CC1. The van der Waals surface area contributed by atoms with E-state index < -0.39 is 0 Å². The number of hydrogen-bond donors (Lipinski definition) is 1. The second kappa shape index (κ2) is 3.15. The van der Waals surface area contributed by atoms with E-state index in [2.05, 4.69) is 6.58 Å². The Bertz CT molecular complexity index is 153. The third kappa shape index (κ3) is 1.81. The lowest BCUT2D eigenvalue weighted by Crippen LogP contribution is -2.23. The molecule has 2 heteroatoms. The lowest BCUT2D eigenvalue weighted by molar-refractivity contribution is 0.517. The summed E-state index contributed by atoms with van der Waals surface area (Å²) in [5, 5.41) is 0. The van der Waals surface area contributed by atoms with E-state index in [1.54, 1.807) is 0 Å². The summed E-state index contributed by atoms with van der Waals surface area (Å²) in [5.41, 5.74) is 6.87. The van der Waals surface area contributed by atoms with Crippen molar-refractivity contribution < 1.29 is 0 Å². The van der Waals surface area contributed by atoms with Gasteiger partial charge in [-0.3, -0.25) is 0 Å². The molecule has 0 aliphatic heterocycles. The van der Waals surface area contributed by atoms with Crippen LogP contribution in [0, 0.1) is 5.92 Å². The van der Waals surface area contributed by atoms with Crippen LogP contribution in [0.25, 0.3) is 0 Å². The van der Waals surface area contributed by atoms with Crippen LogP contribution in [0.4, 0.5) is 0 Å². The average molecular weight is 155 g/mol. The Kier molecular flexibility index (Phi) is 2.44. The van der Waals surface area contributed by atoms with Gasteiger partial charge in [-0.15, -0.1) is 0 Å². The quantitative estimate of drug-likeness (QED) is 0.463. The van der Waals surface area contributed by atoms with Gasteiger partial charge in [0.05, 0.1) is 4.99 Å². The van der Waals surface area contributed by atoms with E-state index in [4.69, 9.17) is 18.0 Å². The molecule has 0 atom stereocenters. The minimum atomic E-state index is 0.487. The van der Waals surface area contributed by atoms with Gasteiger partial charge >= 0.3 is 0 Å². The molecule has 1 saturated carbocycles. The molecule has 0 spiro atoms. The summed E-state index contributed by atoms with van der Waals surface area (Å²) in [7, 11) is 0. The van der Waals surface area contributed by atoms with E-state index >= 15 is 0 Å². The van der Waals surface area contributed by atoms with Crippen molar-refractivity contribution in [3.63, 3.8) is 0 Å². The maximum Gasteiger partial charge on any atom is 0.0758 e. The molecule has 0 aromatic carbocycles. The molecule has 0 aromatic heterocycles. The van der Waals surface area contributed by atoms with Gasteiger partial charge in [-0.05, 0) is 25.7 Å². The molecule has 0 bridgehead atoms. The normalized spacial score (nSPS) is 21.0. The molecule has 0 aromatic rings. The summed E-state index contributed by atoms with van der Waals surface area (Å²) >= 11 is 4.90. The van der Waals surface area contributed by atoms with Gasteiger partial charge in [0.25, 0.3) is 0 Å². The Morgan fingerprint density at radius 3 is 2.40 bits per heavy atom. The zero-order chi connectivity index (χ0) is 7.56. The number of thiocarbonyl (C=S) groups is 1. The minimum Gasteiger partial charge on any atom is -0.393 e. The summed E-state index contributed by atoms with van der Waals surface area (Å²) in [5.74, 6) is 0.487. The van der Waals surface area contributed by atoms with Gasteiger partial charge < -0.3 is 5.73 Å². The van der Waals surface area contributed by atoms with Gasteiger partial charge in [0.15, 0.2) is 0 Å². The molecule has 1 nitrogen and oxygen atoms in total. The van der Waals surface area contributed by atoms with E-state index in [1.165, 1.54) is 5.57 Å². The summed E-state index contributed by atoms with van der Waals surface area (Å²) in [6, 6.07) is 0. The highest BCUT2D eigenvalue weighted by Crippen LogP contribution is 2.26. The molecular weight excluding hydrogens is 142 g/mol. The third-order valence-corrected chi connectivity index (χ3v) is 2.43. The first-order chi connectivity index (χ1) is 4.70. The molecule has 0 radical (unpaired) electrons. The predicted molar refractivity (Wildman–Crippen MR) is 47.9 cm³/mol. The number of nitrogens with two attached hydrogens (primary N) is 1. The molecule has 1 fully saturated rings. The third-order valence-electron chi connectivity index (χ3n) is 2.10. The van der Waals surface area contributed by atoms with Gasteiger partial charge in [-0.2, -0.15) is 0 Å². The molecule has 1 aliphatic rings. The van der Waals surface area contributed by atoms with Crippen molar-refractivity contribution in [1.82, 2.24) is 0 Å². The van der Waals surface area contributed by atoms with Crippen LogP contribution in [0.15, 0.2) is 12.2 Å². The molecule has 0 unspecified atom stereocenters. The van der Waals surface area contributed by atoms with Crippen LogP contribution in [0.5, 0.6) is 0 Å². The Morgan fingerprint density at radius 1 is 1.50 bits per heavy atom. The van der Waals surface area contributed by atoms with Crippen molar-refractivity contribution in [2.75, 3.05) is 0 Å². The van der Waals surface area contributed by atoms with Crippen molar-refractivity contribution in [1.29, 1.82) is 0 Å². The van der Waals surface area contributed by atoms with Crippen molar-refractivity contribution in [3.05, 3.63) is 12.2 Å². The summed E-state index contributed by atoms with van der Waals surface area (Å²) < 4.78 is 0. The van der Waals surface area contributed by atoms with E-state index in [9.17, 15) is 0 Å². The smallest absolute Gasteiger partial charge is 0.0758 e. The van der Waals surface area contributed by atoms with E-state index in [0.717, 1.165) is 25.7 Å². The first-order valence-corrected chi connectivity index (χ1v) is 4.07. The number of allylic oxidation sites excluding steroid dienone is 1. The molecule has 0 saturated heterocycles. The van der Waals surface area contributed by atoms with Gasteiger partial charge in [0, 0.05) is 5.92 Å². The lowest BCUT2D eigenvalue weighted by atomic mass is 9.87. The van der Waals surface area contributed by atoms with Gasteiger partial charge in [0.2, 0.25) is 0 Å². The molecule has 2 N–H and O–H groups in total. The van der Waals surface area contributed by atoms with Crippen LogP contribution in [0.1, 0.15) is 25.7 Å². The van der Waals surface area contributed by atoms with Crippen LogP contribution in [-0.2, 0) is 0 Å². The zero-order valence-electron chi connectivity index (χ0n) is 6.10. The van der Waals surface area contributed by atoms with Crippen LogP contribution < -0.4 is 5.73 Å². The standard InChI is InChI=1S/C8H13NS/c1-6-2-4-7(5-3-6)8(9)10/h7H,1-5H2,(H2,9,10).